The lowest BCUT2D eigenvalue weighted by Crippen LogP contribution is -2.39. The van der Waals surface area contributed by atoms with E-state index in [0.717, 1.165) is 24.0 Å². The Morgan fingerprint density at radius 3 is 2.64 bits per heavy atom. The number of piperidine rings is 1. The van der Waals surface area contributed by atoms with Crippen LogP contribution in [0.25, 0.3) is 11.1 Å². The first-order chi connectivity index (χ1) is 13.5. The number of hydrogen-bond acceptors (Lipinski definition) is 6. The maximum Gasteiger partial charge on any atom is 0.262 e. The molecule has 0 aliphatic carbocycles. The van der Waals surface area contributed by atoms with Gasteiger partial charge in [-0.1, -0.05) is 36.8 Å². The van der Waals surface area contributed by atoms with Crippen molar-refractivity contribution in [3.05, 3.63) is 54.7 Å². The molecule has 1 aromatic carbocycles. The number of aromatic nitrogens is 4. The number of nitrogens with two attached hydrogens (primary N) is 1. The summed E-state index contributed by atoms with van der Waals surface area (Å²) in [6, 6.07) is 9.29. The van der Waals surface area contributed by atoms with Gasteiger partial charge in [0.05, 0.1) is 18.1 Å². The zero-order valence-electron chi connectivity index (χ0n) is 15.6. The minimum atomic E-state index is -3.75. The monoisotopic (exact) mass is 398 g/mol. The molecule has 9 heteroatoms. The summed E-state index contributed by atoms with van der Waals surface area (Å²) in [5.41, 5.74) is 8.24. The molecule has 8 nitrogen and oxygen atoms in total. The van der Waals surface area contributed by atoms with Crippen LogP contribution in [0.4, 0.5) is 5.95 Å². The predicted molar refractivity (Wildman–Crippen MR) is 106 cm³/mol. The van der Waals surface area contributed by atoms with Crippen LogP contribution in [-0.2, 0) is 17.1 Å². The number of hydrogen-bond donors (Lipinski definition) is 1. The third kappa shape index (κ3) is 3.38. The van der Waals surface area contributed by atoms with Crippen molar-refractivity contribution in [3.63, 3.8) is 0 Å². The van der Waals surface area contributed by atoms with Gasteiger partial charge in [0.1, 0.15) is 0 Å². The first kappa shape index (κ1) is 18.6. The quantitative estimate of drug-likeness (QED) is 0.723. The number of rotatable bonds is 4. The third-order valence-electron chi connectivity index (χ3n) is 4.95. The fraction of sp³-hybridized carbons (Fsp3) is 0.316. The van der Waals surface area contributed by atoms with Crippen molar-refractivity contribution < 1.29 is 8.42 Å². The molecule has 2 aromatic heterocycles. The number of nitrogen functional groups attached to an aromatic ring is 1. The first-order valence-corrected chi connectivity index (χ1v) is 10.6. The molecule has 3 heterocycles. The SMILES string of the molecule is Cn1cnc(S(=O)(=O)N2CCCC[C@@H]2c2nc(N)ncc2-c2ccccc2)c1. The molecule has 0 bridgehead atoms. The number of benzene rings is 1. The summed E-state index contributed by atoms with van der Waals surface area (Å²) in [7, 11) is -2.00. The van der Waals surface area contributed by atoms with Gasteiger partial charge in [0, 0.05) is 31.5 Å². The van der Waals surface area contributed by atoms with E-state index in [0.29, 0.717) is 18.7 Å². The van der Waals surface area contributed by atoms with Gasteiger partial charge in [-0.05, 0) is 18.4 Å². The summed E-state index contributed by atoms with van der Waals surface area (Å²) in [6.45, 7) is 0.418. The van der Waals surface area contributed by atoms with E-state index in [1.54, 1.807) is 17.8 Å². The molecule has 3 aromatic rings. The van der Waals surface area contributed by atoms with Crippen molar-refractivity contribution in [2.75, 3.05) is 12.3 Å². The lowest BCUT2D eigenvalue weighted by molar-refractivity contribution is 0.251. The molecule has 0 amide bonds. The Hall–Kier alpha value is -2.78. The molecular formula is C19H22N6O2S. The van der Waals surface area contributed by atoms with E-state index in [9.17, 15) is 8.42 Å². The highest BCUT2D eigenvalue weighted by Crippen LogP contribution is 2.38. The minimum Gasteiger partial charge on any atom is -0.368 e. The van der Waals surface area contributed by atoms with Crippen LogP contribution in [0.15, 0.2) is 54.1 Å². The van der Waals surface area contributed by atoms with Crippen molar-refractivity contribution >= 4 is 16.0 Å². The first-order valence-electron chi connectivity index (χ1n) is 9.14. The number of imidazole rings is 1. The molecule has 4 rings (SSSR count). The predicted octanol–water partition coefficient (Wildman–Crippen LogP) is 2.38. The Morgan fingerprint density at radius 1 is 1.14 bits per heavy atom. The van der Waals surface area contributed by atoms with Gasteiger partial charge in [-0.15, -0.1) is 0 Å². The molecular weight excluding hydrogens is 376 g/mol. The third-order valence-corrected chi connectivity index (χ3v) is 6.74. The standard InChI is InChI=1S/C19H22N6O2S/c1-24-12-17(22-13-24)28(26,27)25-10-6-5-9-16(25)18-15(11-21-19(20)23-18)14-7-3-2-4-8-14/h2-4,7-8,11-13,16H,5-6,9-10H2,1H3,(H2,20,21,23)/t16-/m1/s1. The van der Waals surface area contributed by atoms with Crippen molar-refractivity contribution in [1.29, 1.82) is 0 Å². The second-order valence-electron chi connectivity index (χ2n) is 6.90. The van der Waals surface area contributed by atoms with Crippen LogP contribution in [0, 0.1) is 0 Å². The van der Waals surface area contributed by atoms with Gasteiger partial charge in [0.2, 0.25) is 5.95 Å². The molecule has 1 saturated heterocycles. The van der Waals surface area contributed by atoms with Crippen LogP contribution in [0.1, 0.15) is 31.0 Å². The maximum atomic E-state index is 13.3. The minimum absolute atomic E-state index is 0.0465. The van der Waals surface area contributed by atoms with Gasteiger partial charge in [0.15, 0.2) is 5.03 Å². The highest BCUT2D eigenvalue weighted by atomic mass is 32.2. The van der Waals surface area contributed by atoms with Crippen LogP contribution >= 0.6 is 0 Å². The Kier molecular flexibility index (Phi) is 4.86. The number of sulfonamides is 1. The van der Waals surface area contributed by atoms with Gasteiger partial charge < -0.3 is 10.3 Å². The van der Waals surface area contributed by atoms with E-state index >= 15 is 0 Å². The van der Waals surface area contributed by atoms with E-state index in [1.807, 2.05) is 30.3 Å². The number of aryl methyl sites for hydroxylation is 1. The summed E-state index contributed by atoms with van der Waals surface area (Å²) in [4.78, 5) is 12.7. The van der Waals surface area contributed by atoms with E-state index in [4.69, 9.17) is 5.73 Å². The molecule has 146 valence electrons. The Bertz CT molecular complexity index is 1080. The average molecular weight is 398 g/mol. The normalized spacial score (nSPS) is 18.2. The lowest BCUT2D eigenvalue weighted by atomic mass is 9.95. The zero-order valence-corrected chi connectivity index (χ0v) is 16.4. The molecule has 0 unspecified atom stereocenters. The summed E-state index contributed by atoms with van der Waals surface area (Å²) in [5, 5.41) is 0.0465. The fourth-order valence-electron chi connectivity index (χ4n) is 3.61. The number of nitrogens with zero attached hydrogens (tertiary/aromatic N) is 5. The van der Waals surface area contributed by atoms with Gasteiger partial charge in [-0.2, -0.15) is 4.31 Å². The second-order valence-corrected chi connectivity index (χ2v) is 8.74. The van der Waals surface area contributed by atoms with Gasteiger partial charge in [0.25, 0.3) is 10.0 Å². The van der Waals surface area contributed by atoms with Crippen LogP contribution in [0.5, 0.6) is 0 Å². The summed E-state index contributed by atoms with van der Waals surface area (Å²) < 4.78 is 29.7. The zero-order chi connectivity index (χ0) is 19.7. The molecule has 1 aliphatic rings. The molecule has 0 spiro atoms. The molecule has 0 saturated carbocycles. The summed E-state index contributed by atoms with van der Waals surface area (Å²) in [5.74, 6) is 0.135. The average Bonchev–Trinajstić information content (AvgIpc) is 3.16. The van der Waals surface area contributed by atoms with Gasteiger partial charge >= 0.3 is 0 Å². The molecule has 1 fully saturated rings. The number of anilines is 1. The lowest BCUT2D eigenvalue weighted by Gasteiger charge is -2.34. The second kappa shape index (κ2) is 7.33. The largest absolute Gasteiger partial charge is 0.368 e. The Balaban J connectivity index is 1.82. The topological polar surface area (TPSA) is 107 Å². The molecule has 28 heavy (non-hydrogen) atoms. The van der Waals surface area contributed by atoms with E-state index in [2.05, 4.69) is 15.0 Å². The Morgan fingerprint density at radius 2 is 1.93 bits per heavy atom. The maximum absolute atomic E-state index is 13.3. The molecule has 1 aliphatic heterocycles. The highest BCUT2D eigenvalue weighted by molar-refractivity contribution is 7.89. The molecule has 0 radical (unpaired) electrons. The summed E-state index contributed by atoms with van der Waals surface area (Å²) >= 11 is 0. The van der Waals surface area contributed by atoms with E-state index in [1.165, 1.54) is 16.8 Å². The van der Waals surface area contributed by atoms with Crippen molar-refractivity contribution in [3.8, 4) is 11.1 Å². The van der Waals surface area contributed by atoms with E-state index < -0.39 is 16.1 Å². The van der Waals surface area contributed by atoms with E-state index in [-0.39, 0.29) is 11.0 Å². The highest BCUT2D eigenvalue weighted by Gasteiger charge is 2.37. The van der Waals surface area contributed by atoms with Gasteiger partial charge in [-0.3, -0.25) is 0 Å². The van der Waals surface area contributed by atoms with Crippen LogP contribution < -0.4 is 5.73 Å². The van der Waals surface area contributed by atoms with Gasteiger partial charge in [-0.25, -0.2) is 23.4 Å². The molecule has 2 N–H and O–H groups in total. The summed E-state index contributed by atoms with van der Waals surface area (Å²) in [6.07, 6.45) is 7.06. The fourth-order valence-corrected chi connectivity index (χ4v) is 5.24. The van der Waals surface area contributed by atoms with Crippen LogP contribution in [-0.4, -0.2) is 38.8 Å². The van der Waals surface area contributed by atoms with Crippen molar-refractivity contribution in [2.24, 2.45) is 7.05 Å². The van der Waals surface area contributed by atoms with Crippen LogP contribution in [0.3, 0.4) is 0 Å². The van der Waals surface area contributed by atoms with Crippen molar-refractivity contribution in [2.45, 2.75) is 30.3 Å². The molecule has 1 atom stereocenters. The Labute approximate surface area is 164 Å². The van der Waals surface area contributed by atoms with Crippen LogP contribution in [0.2, 0.25) is 0 Å². The smallest absolute Gasteiger partial charge is 0.262 e. The van der Waals surface area contributed by atoms with Crippen molar-refractivity contribution in [1.82, 2.24) is 23.8 Å².